The fraction of sp³-hybridized carbons (Fsp3) is 0.389. The zero-order chi connectivity index (χ0) is 17.1. The van der Waals surface area contributed by atoms with Gasteiger partial charge in [0.2, 0.25) is 0 Å². The fourth-order valence-electron chi connectivity index (χ4n) is 2.66. The van der Waals surface area contributed by atoms with Gasteiger partial charge in [0.25, 0.3) is 5.56 Å². The highest BCUT2D eigenvalue weighted by Gasteiger charge is 2.17. The highest BCUT2D eigenvalue weighted by molar-refractivity contribution is 7.98. The summed E-state index contributed by atoms with van der Waals surface area (Å²) in [6.07, 6.45) is 2.60. The highest BCUT2D eigenvalue weighted by atomic mass is 32.2. The number of hydrogen-bond acceptors (Lipinski definition) is 5. The summed E-state index contributed by atoms with van der Waals surface area (Å²) >= 11 is 1.50. The van der Waals surface area contributed by atoms with Crippen LogP contribution in [-0.2, 0) is 23.3 Å². The molecule has 0 spiro atoms. The van der Waals surface area contributed by atoms with E-state index in [1.165, 1.54) is 11.8 Å². The van der Waals surface area contributed by atoms with E-state index >= 15 is 0 Å². The van der Waals surface area contributed by atoms with Crippen LogP contribution in [0, 0.1) is 0 Å². The van der Waals surface area contributed by atoms with Gasteiger partial charge in [-0.25, -0.2) is 9.78 Å². The molecule has 0 atom stereocenters. The first-order chi connectivity index (χ1) is 11.5. The van der Waals surface area contributed by atoms with Crippen molar-refractivity contribution >= 4 is 17.7 Å². The van der Waals surface area contributed by atoms with E-state index < -0.39 is 0 Å². The van der Waals surface area contributed by atoms with Crippen molar-refractivity contribution in [1.82, 2.24) is 9.97 Å². The molecule has 0 fully saturated rings. The van der Waals surface area contributed by atoms with Crippen LogP contribution in [0.3, 0.4) is 0 Å². The van der Waals surface area contributed by atoms with E-state index in [2.05, 4.69) is 9.97 Å². The molecule has 1 aliphatic carbocycles. The van der Waals surface area contributed by atoms with Gasteiger partial charge in [-0.15, -0.1) is 0 Å². The molecule has 0 saturated heterocycles. The minimum atomic E-state index is -0.311. The van der Waals surface area contributed by atoms with Gasteiger partial charge in [0.1, 0.15) is 0 Å². The third-order valence-corrected chi connectivity index (χ3v) is 4.77. The maximum Gasteiger partial charge on any atom is 0.338 e. The predicted octanol–water partition coefficient (Wildman–Crippen LogP) is 3.12. The number of fused-ring (bicyclic) bond motifs is 1. The summed E-state index contributed by atoms with van der Waals surface area (Å²) in [6.45, 7) is 3.65. The minimum absolute atomic E-state index is 0.00761. The molecular weight excluding hydrogens is 324 g/mol. The smallest absolute Gasteiger partial charge is 0.338 e. The van der Waals surface area contributed by atoms with Crippen LogP contribution in [0.25, 0.3) is 0 Å². The van der Waals surface area contributed by atoms with E-state index in [9.17, 15) is 9.59 Å². The molecule has 0 unspecified atom stereocenters. The number of ether oxygens (including phenoxy) is 1. The minimum Gasteiger partial charge on any atom is -0.459 e. The number of hydrogen-bond donors (Lipinski definition) is 1. The van der Waals surface area contributed by atoms with Crippen LogP contribution in [0.4, 0.5) is 0 Å². The van der Waals surface area contributed by atoms with Crippen molar-refractivity contribution in [3.8, 4) is 0 Å². The van der Waals surface area contributed by atoms with Gasteiger partial charge < -0.3 is 9.72 Å². The summed E-state index contributed by atoms with van der Waals surface area (Å²) in [6, 6.07) is 7.32. The number of aryl methyl sites for hydroxylation is 1. The number of carbonyl (C=O) groups excluding carboxylic acids is 1. The monoisotopic (exact) mass is 344 g/mol. The van der Waals surface area contributed by atoms with E-state index in [1.807, 2.05) is 26.0 Å². The van der Waals surface area contributed by atoms with Crippen molar-refractivity contribution in [2.45, 2.75) is 50.1 Å². The third kappa shape index (κ3) is 3.87. The second-order valence-corrected chi connectivity index (χ2v) is 7.05. The molecule has 0 amide bonds. The zero-order valence-electron chi connectivity index (χ0n) is 13.8. The van der Waals surface area contributed by atoms with E-state index in [0.717, 1.165) is 36.1 Å². The summed E-state index contributed by atoms with van der Waals surface area (Å²) in [4.78, 5) is 31.2. The molecule has 0 radical (unpaired) electrons. The number of carbonyl (C=O) groups is 1. The Morgan fingerprint density at radius 3 is 2.75 bits per heavy atom. The molecular formula is C18H20N2O3S. The first-order valence-electron chi connectivity index (χ1n) is 8.07. The average molecular weight is 344 g/mol. The van der Waals surface area contributed by atoms with Crippen molar-refractivity contribution in [3.63, 3.8) is 0 Å². The number of thioether (sulfide) groups is 1. The van der Waals surface area contributed by atoms with E-state index in [4.69, 9.17) is 4.74 Å². The molecule has 1 aromatic heterocycles. The average Bonchev–Trinajstić information content (AvgIpc) is 3.02. The first kappa shape index (κ1) is 16.8. The molecule has 126 valence electrons. The van der Waals surface area contributed by atoms with Crippen molar-refractivity contribution in [1.29, 1.82) is 0 Å². The fourth-order valence-corrected chi connectivity index (χ4v) is 3.49. The SMILES string of the molecule is CC(C)OC(=O)c1ccc(CSc2nc3c(c(=O)[nH]2)CCC3)cc1. The summed E-state index contributed by atoms with van der Waals surface area (Å²) in [5.74, 6) is 0.371. The van der Waals surface area contributed by atoms with Crippen LogP contribution >= 0.6 is 11.8 Å². The molecule has 5 nitrogen and oxygen atoms in total. The third-order valence-electron chi connectivity index (χ3n) is 3.83. The summed E-state index contributed by atoms with van der Waals surface area (Å²) < 4.78 is 5.17. The zero-order valence-corrected chi connectivity index (χ0v) is 14.6. The number of rotatable bonds is 5. The van der Waals surface area contributed by atoms with Crippen LogP contribution in [0.5, 0.6) is 0 Å². The van der Waals surface area contributed by atoms with Gasteiger partial charge in [0.15, 0.2) is 5.16 Å². The highest BCUT2D eigenvalue weighted by Crippen LogP contribution is 2.22. The molecule has 2 aromatic rings. The van der Waals surface area contributed by atoms with Crippen LogP contribution in [0.1, 0.15) is 47.4 Å². The maximum absolute atomic E-state index is 12.0. The summed E-state index contributed by atoms with van der Waals surface area (Å²) in [5.41, 5.74) is 3.37. The van der Waals surface area contributed by atoms with Crippen LogP contribution in [0.15, 0.2) is 34.2 Å². The molecule has 24 heavy (non-hydrogen) atoms. The lowest BCUT2D eigenvalue weighted by molar-refractivity contribution is 0.0378. The molecule has 6 heteroatoms. The molecule has 1 aliphatic rings. The first-order valence-corrected chi connectivity index (χ1v) is 9.06. The lowest BCUT2D eigenvalue weighted by atomic mass is 10.1. The topological polar surface area (TPSA) is 72.0 Å². The largest absolute Gasteiger partial charge is 0.459 e. The van der Waals surface area contributed by atoms with Crippen molar-refractivity contribution < 1.29 is 9.53 Å². The quantitative estimate of drug-likeness (QED) is 0.512. The number of nitrogens with zero attached hydrogens (tertiary/aromatic N) is 1. The Kier molecular flexibility index (Phi) is 5.04. The lowest BCUT2D eigenvalue weighted by Gasteiger charge is -2.08. The molecule has 3 rings (SSSR count). The second-order valence-electron chi connectivity index (χ2n) is 6.09. The number of H-pyrrole nitrogens is 1. The number of aromatic amines is 1. The lowest BCUT2D eigenvalue weighted by Crippen LogP contribution is -2.14. The van der Waals surface area contributed by atoms with E-state index in [1.54, 1.807) is 12.1 Å². The van der Waals surface area contributed by atoms with Gasteiger partial charge in [0, 0.05) is 11.3 Å². The molecule has 0 aliphatic heterocycles. The summed E-state index contributed by atoms with van der Waals surface area (Å²) in [7, 11) is 0. The predicted molar refractivity (Wildman–Crippen MR) is 93.4 cm³/mol. The van der Waals surface area contributed by atoms with E-state index in [-0.39, 0.29) is 17.6 Å². The number of benzene rings is 1. The Bertz CT molecular complexity index is 797. The maximum atomic E-state index is 12.0. The number of aromatic nitrogens is 2. The standard InChI is InChI=1S/C18H20N2O3S/c1-11(2)23-17(22)13-8-6-12(7-9-13)10-24-18-19-15-5-3-4-14(15)16(21)20-18/h6-9,11H,3-5,10H2,1-2H3,(H,19,20,21). The van der Waals surface area contributed by atoms with Gasteiger partial charge in [-0.2, -0.15) is 0 Å². The molecule has 1 aromatic carbocycles. The van der Waals surface area contributed by atoms with Gasteiger partial charge in [0.05, 0.1) is 17.4 Å². The van der Waals surface area contributed by atoms with Crippen molar-refractivity contribution in [2.24, 2.45) is 0 Å². The van der Waals surface area contributed by atoms with Gasteiger partial charge in [-0.1, -0.05) is 23.9 Å². The van der Waals surface area contributed by atoms with Gasteiger partial charge in [-0.05, 0) is 50.8 Å². The normalized spacial score (nSPS) is 13.1. The van der Waals surface area contributed by atoms with Crippen molar-refractivity contribution in [2.75, 3.05) is 0 Å². The van der Waals surface area contributed by atoms with Crippen LogP contribution in [0.2, 0.25) is 0 Å². The Morgan fingerprint density at radius 2 is 2.04 bits per heavy atom. The number of nitrogens with one attached hydrogen (secondary N) is 1. The van der Waals surface area contributed by atoms with Crippen LogP contribution < -0.4 is 5.56 Å². The second kappa shape index (κ2) is 7.21. The Hall–Kier alpha value is -2.08. The van der Waals surface area contributed by atoms with E-state index in [0.29, 0.717) is 16.5 Å². The molecule has 1 N–H and O–H groups in total. The number of esters is 1. The Morgan fingerprint density at radius 1 is 1.29 bits per heavy atom. The molecule has 0 bridgehead atoms. The summed E-state index contributed by atoms with van der Waals surface area (Å²) in [5, 5.41) is 0.656. The Labute approximate surface area is 144 Å². The van der Waals surface area contributed by atoms with Gasteiger partial charge >= 0.3 is 5.97 Å². The Balaban J connectivity index is 1.64. The molecule has 1 heterocycles. The van der Waals surface area contributed by atoms with Crippen molar-refractivity contribution in [3.05, 3.63) is 57.0 Å². The molecule has 0 saturated carbocycles. The van der Waals surface area contributed by atoms with Crippen LogP contribution in [-0.4, -0.2) is 22.0 Å². The van der Waals surface area contributed by atoms with Gasteiger partial charge in [-0.3, -0.25) is 4.79 Å².